The maximum Gasteiger partial charge on any atom is 0.524 e. The molecule has 2 saturated heterocycles. The van der Waals surface area contributed by atoms with Crippen LogP contribution in [0.4, 0.5) is 0 Å². The monoisotopic (exact) mass is 665 g/mol. The Morgan fingerprint density at radius 2 is 1.72 bits per heavy atom. The normalized spacial score (nSPS) is 19.0. The van der Waals surface area contributed by atoms with E-state index in [0.717, 1.165) is 16.3 Å². The Morgan fingerprint density at radius 1 is 1.00 bits per heavy atom. The van der Waals surface area contributed by atoms with Crippen LogP contribution in [0.15, 0.2) is 66.7 Å². The summed E-state index contributed by atoms with van der Waals surface area (Å²) in [7, 11) is -4.76. The van der Waals surface area contributed by atoms with E-state index in [4.69, 9.17) is 9.79 Å². The first-order valence-electron chi connectivity index (χ1n) is 15.2. The lowest BCUT2D eigenvalue weighted by Gasteiger charge is -2.43. The van der Waals surface area contributed by atoms with Crippen molar-refractivity contribution >= 4 is 48.1 Å². The molecule has 0 saturated carbocycles. The van der Waals surface area contributed by atoms with Crippen molar-refractivity contribution in [2.45, 2.75) is 63.7 Å². The van der Waals surface area contributed by atoms with Gasteiger partial charge in [0.15, 0.2) is 0 Å². The van der Waals surface area contributed by atoms with E-state index in [0.29, 0.717) is 18.4 Å². The van der Waals surface area contributed by atoms with Gasteiger partial charge < -0.3 is 20.5 Å². The van der Waals surface area contributed by atoms with Gasteiger partial charge in [0.1, 0.15) is 23.9 Å². The molecule has 14 nitrogen and oxygen atoms in total. The van der Waals surface area contributed by atoms with Gasteiger partial charge in [-0.1, -0.05) is 54.6 Å². The smallest absolute Gasteiger partial charge is 0.404 e. The minimum atomic E-state index is -4.76. The van der Waals surface area contributed by atoms with Gasteiger partial charge in [-0.2, -0.15) is 0 Å². The summed E-state index contributed by atoms with van der Waals surface area (Å²) in [5.41, 5.74) is 1.44. The summed E-state index contributed by atoms with van der Waals surface area (Å²) in [5, 5.41) is 12.7. The number of amides is 5. The van der Waals surface area contributed by atoms with Crippen LogP contribution in [-0.2, 0) is 41.5 Å². The molecular weight excluding hydrogens is 629 g/mol. The number of hydrazine groups is 1. The maximum absolute atomic E-state index is 14.0. The molecule has 3 atom stereocenters. The zero-order valence-electron chi connectivity index (χ0n) is 25.6. The van der Waals surface area contributed by atoms with Gasteiger partial charge >= 0.3 is 7.82 Å². The molecule has 0 unspecified atom stereocenters. The Kier molecular flexibility index (Phi) is 10.2. The second-order valence-corrected chi connectivity index (χ2v) is 12.7. The number of carbonyl (C=O) groups is 5. The highest BCUT2D eigenvalue weighted by atomic mass is 31.2. The van der Waals surface area contributed by atoms with Crippen molar-refractivity contribution in [2.24, 2.45) is 0 Å². The second kappa shape index (κ2) is 14.3. The number of hydrogen-bond acceptors (Lipinski definition) is 7. The van der Waals surface area contributed by atoms with Gasteiger partial charge in [0.2, 0.25) is 23.6 Å². The summed E-state index contributed by atoms with van der Waals surface area (Å²) in [6.45, 7) is 1.71. The van der Waals surface area contributed by atoms with Gasteiger partial charge in [-0.15, -0.1) is 0 Å². The molecule has 3 aromatic rings. The molecule has 15 heteroatoms. The van der Waals surface area contributed by atoms with Crippen LogP contribution in [0.2, 0.25) is 0 Å². The Labute approximate surface area is 270 Å². The summed E-state index contributed by atoms with van der Waals surface area (Å²) >= 11 is 0. The number of fused-ring (bicyclic) bond motifs is 2. The van der Waals surface area contributed by atoms with Crippen molar-refractivity contribution in [3.05, 3.63) is 77.9 Å². The lowest BCUT2D eigenvalue weighted by atomic mass is 10.0. The number of carbonyl (C=O) groups excluding carboxylic acids is 5. The van der Waals surface area contributed by atoms with Gasteiger partial charge in [-0.3, -0.25) is 38.8 Å². The molecular formula is C32H36N5O9P. The first-order chi connectivity index (χ1) is 22.4. The van der Waals surface area contributed by atoms with E-state index in [9.17, 15) is 28.5 Å². The molecule has 2 fully saturated rings. The van der Waals surface area contributed by atoms with E-state index in [1.54, 1.807) is 0 Å². The number of phosphoric acid groups is 1. The minimum Gasteiger partial charge on any atom is -0.404 e. The van der Waals surface area contributed by atoms with Gasteiger partial charge in [-0.05, 0) is 53.3 Å². The Bertz CT molecular complexity index is 1720. The molecule has 0 bridgehead atoms. The summed E-state index contributed by atoms with van der Waals surface area (Å²) < 4.78 is 15.7. The van der Waals surface area contributed by atoms with Crippen LogP contribution >= 0.6 is 7.82 Å². The highest BCUT2D eigenvalue weighted by Gasteiger charge is 2.45. The average Bonchev–Trinajstić information content (AvgIpc) is 3.15. The largest absolute Gasteiger partial charge is 0.524 e. The van der Waals surface area contributed by atoms with Crippen LogP contribution < -0.4 is 20.5 Å². The second-order valence-electron chi connectivity index (χ2n) is 11.5. The molecule has 5 rings (SSSR count). The zero-order valence-corrected chi connectivity index (χ0v) is 26.5. The van der Waals surface area contributed by atoms with E-state index in [1.165, 1.54) is 41.2 Å². The lowest BCUT2D eigenvalue weighted by Crippen LogP contribution is -2.64. The number of nitrogens with one attached hydrogen (secondary N) is 3. The van der Waals surface area contributed by atoms with Crippen molar-refractivity contribution < 1.29 is 42.8 Å². The predicted molar refractivity (Wildman–Crippen MR) is 169 cm³/mol. The van der Waals surface area contributed by atoms with Crippen molar-refractivity contribution in [1.82, 2.24) is 26.0 Å². The Hall–Kier alpha value is -4.78. The SMILES string of the molecule is CC(=O)N[C@@H](Cc1ccc(OP(=O)(O)O)cc1)C(=O)N[C@H]1CCC(=O)N2CCC[C@@H](C(=O)NCc3cccc4ccccc34)N2C1=O. The fourth-order valence-corrected chi connectivity index (χ4v) is 6.34. The fraction of sp³-hybridized carbons (Fsp3) is 0.344. The van der Waals surface area contributed by atoms with Crippen LogP contribution in [0.3, 0.4) is 0 Å². The quantitative estimate of drug-likeness (QED) is 0.200. The van der Waals surface area contributed by atoms with Crippen LogP contribution in [0, 0.1) is 0 Å². The van der Waals surface area contributed by atoms with E-state index in [-0.39, 0.29) is 44.0 Å². The van der Waals surface area contributed by atoms with Crippen molar-refractivity contribution in [3.8, 4) is 5.75 Å². The average molecular weight is 666 g/mol. The first-order valence-corrected chi connectivity index (χ1v) is 16.7. The summed E-state index contributed by atoms with van der Waals surface area (Å²) in [4.78, 5) is 84.1. The maximum atomic E-state index is 14.0. The summed E-state index contributed by atoms with van der Waals surface area (Å²) in [5.74, 6) is -2.62. The summed E-state index contributed by atoms with van der Waals surface area (Å²) in [6.07, 6.45) is 0.789. The molecule has 248 valence electrons. The molecule has 5 N–H and O–H groups in total. The van der Waals surface area contributed by atoms with Crippen LogP contribution in [0.1, 0.15) is 43.7 Å². The van der Waals surface area contributed by atoms with Crippen molar-refractivity contribution in [1.29, 1.82) is 0 Å². The van der Waals surface area contributed by atoms with Crippen LogP contribution in [0.25, 0.3) is 10.8 Å². The Morgan fingerprint density at radius 3 is 2.45 bits per heavy atom. The molecule has 0 aromatic heterocycles. The highest BCUT2D eigenvalue weighted by Crippen LogP contribution is 2.37. The van der Waals surface area contributed by atoms with Crippen LogP contribution in [0.5, 0.6) is 5.75 Å². The number of benzene rings is 3. The number of nitrogens with zero attached hydrogens (tertiary/aromatic N) is 2. The molecule has 2 aliphatic rings. The number of phosphoric ester groups is 1. The third kappa shape index (κ3) is 8.33. The van der Waals surface area contributed by atoms with Crippen molar-refractivity contribution in [2.75, 3.05) is 6.54 Å². The van der Waals surface area contributed by atoms with Gasteiger partial charge in [-0.25, -0.2) is 9.57 Å². The molecule has 2 aliphatic heterocycles. The topological polar surface area (TPSA) is 195 Å². The van der Waals surface area contributed by atoms with Gasteiger partial charge in [0.25, 0.3) is 5.91 Å². The molecule has 3 aromatic carbocycles. The van der Waals surface area contributed by atoms with Crippen LogP contribution in [-0.4, -0.2) is 74.0 Å². The molecule has 47 heavy (non-hydrogen) atoms. The third-order valence-corrected chi connectivity index (χ3v) is 8.54. The lowest BCUT2D eigenvalue weighted by molar-refractivity contribution is -0.176. The molecule has 0 radical (unpaired) electrons. The fourth-order valence-electron chi connectivity index (χ4n) is 5.94. The number of rotatable bonds is 10. The molecule has 2 heterocycles. The first kappa shape index (κ1) is 33.6. The van der Waals surface area contributed by atoms with E-state index in [2.05, 4.69) is 20.5 Å². The van der Waals surface area contributed by atoms with Gasteiger partial charge in [0, 0.05) is 32.9 Å². The zero-order chi connectivity index (χ0) is 33.7. The standard InChI is InChI=1S/C32H36N5O9P/c1-20(38)34-27(18-21-11-13-24(14-12-21)46-47(43,44)45)30(40)35-26-15-16-29(39)36-17-5-10-28(37(36)32(26)42)31(41)33-19-23-8-4-7-22-6-2-3-9-25(22)23/h2-4,6-9,11-14,26-28H,5,10,15-19H2,1H3,(H,33,41)(H,34,38)(H,35,40)(H2,43,44,45)/t26-,27-,28-/m0/s1. The van der Waals surface area contributed by atoms with E-state index in [1.807, 2.05) is 42.5 Å². The van der Waals surface area contributed by atoms with E-state index < -0.39 is 49.6 Å². The van der Waals surface area contributed by atoms with E-state index >= 15 is 0 Å². The minimum absolute atomic E-state index is 0.00194. The molecule has 5 amide bonds. The molecule has 0 spiro atoms. The van der Waals surface area contributed by atoms with Crippen molar-refractivity contribution in [3.63, 3.8) is 0 Å². The molecule has 0 aliphatic carbocycles. The van der Waals surface area contributed by atoms with Gasteiger partial charge in [0.05, 0.1) is 0 Å². The number of hydrogen-bond donors (Lipinski definition) is 5. The highest BCUT2D eigenvalue weighted by molar-refractivity contribution is 7.46. The third-order valence-electron chi connectivity index (χ3n) is 8.10. The predicted octanol–water partition coefficient (Wildman–Crippen LogP) is 1.69. The summed E-state index contributed by atoms with van der Waals surface area (Å²) in [6, 6.07) is 16.0. The Balaban J connectivity index is 1.30.